The van der Waals surface area contributed by atoms with Crippen molar-refractivity contribution in [3.05, 3.63) is 110 Å². The van der Waals surface area contributed by atoms with Gasteiger partial charge in [0.25, 0.3) is 5.91 Å². The number of ether oxygens (including phenoxy) is 1. The van der Waals surface area contributed by atoms with Crippen LogP contribution in [0.2, 0.25) is 10.0 Å². The maximum atomic E-state index is 13.9. The summed E-state index contributed by atoms with van der Waals surface area (Å²) in [6, 6.07) is 23.3. The Morgan fingerprint density at radius 1 is 0.912 bits per heavy atom. The molecule has 4 nitrogen and oxygen atoms in total. The molecule has 0 aliphatic carbocycles. The normalized spacial score (nSPS) is 10.8. The van der Waals surface area contributed by atoms with E-state index in [1.54, 1.807) is 60.4 Å². The van der Waals surface area contributed by atoms with Crippen molar-refractivity contribution in [1.82, 2.24) is 0 Å². The maximum Gasteiger partial charge on any atom is 0.338 e. The molecule has 0 fully saturated rings. The van der Waals surface area contributed by atoms with Gasteiger partial charge in [-0.15, -0.1) is 0 Å². The van der Waals surface area contributed by atoms with Crippen molar-refractivity contribution in [2.45, 2.75) is 13.5 Å². The van der Waals surface area contributed by atoms with Crippen LogP contribution in [0, 0.1) is 0 Å². The van der Waals surface area contributed by atoms with Gasteiger partial charge >= 0.3 is 5.97 Å². The van der Waals surface area contributed by atoms with Crippen molar-refractivity contribution < 1.29 is 14.3 Å². The van der Waals surface area contributed by atoms with Gasteiger partial charge in [0.15, 0.2) is 0 Å². The number of carbonyl (C=O) groups excluding carboxylic acids is 2. The zero-order chi connectivity index (χ0) is 24.2. The van der Waals surface area contributed by atoms with Gasteiger partial charge in [-0.05, 0) is 71.8 Å². The van der Waals surface area contributed by atoms with Crippen molar-refractivity contribution in [1.29, 1.82) is 0 Å². The molecule has 0 aliphatic rings. The van der Waals surface area contributed by atoms with Crippen LogP contribution in [0.15, 0.2) is 83.3 Å². The monoisotopic (exact) mass is 555 g/mol. The second-order valence-electron chi connectivity index (χ2n) is 7.53. The molecule has 0 bridgehead atoms. The number of carbonyl (C=O) groups is 2. The predicted octanol–water partition coefficient (Wildman–Crippen LogP) is 7.93. The average Bonchev–Trinajstić information content (AvgIpc) is 2.83. The van der Waals surface area contributed by atoms with Gasteiger partial charge in [-0.25, -0.2) is 4.79 Å². The summed E-state index contributed by atoms with van der Waals surface area (Å²) in [4.78, 5) is 27.7. The molecule has 0 spiro atoms. The van der Waals surface area contributed by atoms with Gasteiger partial charge in [-0.3, -0.25) is 4.79 Å². The Balaban J connectivity index is 1.79. The summed E-state index contributed by atoms with van der Waals surface area (Å²) >= 11 is 16.1. The van der Waals surface area contributed by atoms with Crippen molar-refractivity contribution in [2.24, 2.45) is 0 Å². The summed E-state index contributed by atoms with van der Waals surface area (Å²) in [5.41, 5.74) is 2.33. The van der Waals surface area contributed by atoms with E-state index < -0.39 is 5.97 Å². The largest absolute Gasteiger partial charge is 0.462 e. The van der Waals surface area contributed by atoms with Crippen LogP contribution in [-0.4, -0.2) is 18.5 Å². The zero-order valence-corrected chi connectivity index (χ0v) is 21.3. The van der Waals surface area contributed by atoms with Gasteiger partial charge in [0.1, 0.15) is 0 Å². The third-order valence-electron chi connectivity index (χ3n) is 5.38. The molecule has 1 amide bonds. The highest BCUT2D eigenvalue weighted by molar-refractivity contribution is 9.10. The minimum Gasteiger partial charge on any atom is -0.462 e. The summed E-state index contributed by atoms with van der Waals surface area (Å²) in [7, 11) is 0. The van der Waals surface area contributed by atoms with Crippen molar-refractivity contribution in [3.63, 3.8) is 0 Å². The molecule has 4 rings (SSSR count). The van der Waals surface area contributed by atoms with Gasteiger partial charge in [0.05, 0.1) is 18.7 Å². The number of anilines is 1. The molecular formula is C27H20BrCl2NO3. The molecule has 34 heavy (non-hydrogen) atoms. The Labute approximate surface area is 216 Å². The summed E-state index contributed by atoms with van der Waals surface area (Å²) in [6.45, 7) is 2.26. The number of amides is 1. The molecule has 4 aromatic rings. The number of rotatable bonds is 6. The highest BCUT2D eigenvalue weighted by Crippen LogP contribution is 2.30. The molecule has 0 radical (unpaired) electrons. The second-order valence-corrected chi connectivity index (χ2v) is 9.23. The van der Waals surface area contributed by atoms with Crippen LogP contribution in [0.5, 0.6) is 0 Å². The summed E-state index contributed by atoms with van der Waals surface area (Å²) in [5, 5.41) is 2.76. The van der Waals surface area contributed by atoms with E-state index in [0.717, 1.165) is 20.8 Å². The molecule has 7 heteroatoms. The number of halogens is 3. The molecule has 0 aliphatic heterocycles. The predicted molar refractivity (Wildman–Crippen MR) is 141 cm³/mol. The number of benzene rings is 4. The van der Waals surface area contributed by atoms with Gasteiger partial charge < -0.3 is 9.64 Å². The molecular weight excluding hydrogens is 537 g/mol. The minimum absolute atomic E-state index is 0.196. The van der Waals surface area contributed by atoms with Crippen LogP contribution in [0.3, 0.4) is 0 Å². The average molecular weight is 557 g/mol. The van der Waals surface area contributed by atoms with E-state index in [2.05, 4.69) is 15.9 Å². The smallest absolute Gasteiger partial charge is 0.338 e. The number of nitrogens with zero attached hydrogens (tertiary/aromatic N) is 1. The Morgan fingerprint density at radius 2 is 1.62 bits per heavy atom. The fourth-order valence-electron chi connectivity index (χ4n) is 3.70. The lowest BCUT2D eigenvalue weighted by atomic mass is 10.0. The van der Waals surface area contributed by atoms with Crippen LogP contribution >= 0.6 is 39.1 Å². The van der Waals surface area contributed by atoms with E-state index in [9.17, 15) is 9.59 Å². The Bertz CT molecular complexity index is 1370. The quantitative estimate of drug-likeness (QED) is 0.226. The van der Waals surface area contributed by atoms with Crippen LogP contribution in [-0.2, 0) is 11.3 Å². The molecule has 0 atom stereocenters. The molecule has 0 saturated carbocycles. The van der Waals surface area contributed by atoms with Gasteiger partial charge in [-0.1, -0.05) is 69.5 Å². The summed E-state index contributed by atoms with van der Waals surface area (Å²) < 4.78 is 5.98. The second kappa shape index (κ2) is 10.6. The highest BCUT2D eigenvalue weighted by atomic mass is 79.9. The third kappa shape index (κ3) is 5.12. The standard InChI is InChI=1S/C27H20BrCl2NO3/c1-2-34-27(33)17-10-13-20(14-11-17)31(16-18-9-12-19(29)15-25(18)30)26(32)23-7-3-6-22-21(23)5-4-8-24(22)28/h3-15H,2,16H2,1H3. The number of fused-ring (bicyclic) bond motifs is 1. The third-order valence-corrected chi connectivity index (χ3v) is 6.66. The lowest BCUT2D eigenvalue weighted by molar-refractivity contribution is 0.0526. The highest BCUT2D eigenvalue weighted by Gasteiger charge is 2.22. The van der Waals surface area contributed by atoms with E-state index in [-0.39, 0.29) is 19.1 Å². The van der Waals surface area contributed by atoms with Crippen molar-refractivity contribution >= 4 is 67.5 Å². The maximum absolute atomic E-state index is 13.9. The molecule has 172 valence electrons. The summed E-state index contributed by atoms with van der Waals surface area (Å²) in [6.07, 6.45) is 0. The first-order chi connectivity index (χ1) is 16.4. The summed E-state index contributed by atoms with van der Waals surface area (Å²) in [5.74, 6) is -0.606. The molecule has 0 saturated heterocycles. The first kappa shape index (κ1) is 24.3. The van der Waals surface area contributed by atoms with E-state index in [0.29, 0.717) is 26.9 Å². The van der Waals surface area contributed by atoms with E-state index in [1.807, 2.05) is 30.3 Å². The van der Waals surface area contributed by atoms with Crippen LogP contribution < -0.4 is 4.90 Å². The molecule has 0 N–H and O–H groups in total. The Hall–Kier alpha value is -2.86. The van der Waals surface area contributed by atoms with Crippen molar-refractivity contribution in [2.75, 3.05) is 11.5 Å². The van der Waals surface area contributed by atoms with E-state index in [4.69, 9.17) is 27.9 Å². The minimum atomic E-state index is -0.411. The Morgan fingerprint density at radius 3 is 2.32 bits per heavy atom. The number of esters is 1. The molecule has 0 heterocycles. The van der Waals surface area contributed by atoms with Gasteiger partial charge in [-0.2, -0.15) is 0 Å². The Kier molecular flexibility index (Phi) is 7.57. The first-order valence-electron chi connectivity index (χ1n) is 10.6. The number of hydrogen-bond donors (Lipinski definition) is 0. The SMILES string of the molecule is CCOC(=O)c1ccc(N(Cc2ccc(Cl)cc2Cl)C(=O)c2cccc3c(Br)cccc23)cc1. The fraction of sp³-hybridized carbons (Fsp3) is 0.111. The lowest BCUT2D eigenvalue weighted by Gasteiger charge is -2.25. The van der Waals surface area contributed by atoms with Crippen molar-refractivity contribution in [3.8, 4) is 0 Å². The van der Waals surface area contributed by atoms with E-state index in [1.165, 1.54) is 0 Å². The molecule has 4 aromatic carbocycles. The first-order valence-corrected chi connectivity index (χ1v) is 12.1. The van der Waals surface area contributed by atoms with Crippen LogP contribution in [0.25, 0.3) is 10.8 Å². The topological polar surface area (TPSA) is 46.6 Å². The van der Waals surface area contributed by atoms with Crippen LogP contribution in [0.1, 0.15) is 33.2 Å². The fourth-order valence-corrected chi connectivity index (χ4v) is 4.66. The van der Waals surface area contributed by atoms with E-state index >= 15 is 0 Å². The van der Waals surface area contributed by atoms with Gasteiger partial charge in [0, 0.05) is 25.8 Å². The van der Waals surface area contributed by atoms with Crippen LogP contribution in [0.4, 0.5) is 5.69 Å². The zero-order valence-electron chi connectivity index (χ0n) is 18.2. The number of hydrogen-bond acceptors (Lipinski definition) is 3. The lowest BCUT2D eigenvalue weighted by Crippen LogP contribution is -2.30. The molecule has 0 aromatic heterocycles. The molecule has 0 unspecified atom stereocenters. The van der Waals surface area contributed by atoms with Gasteiger partial charge in [0.2, 0.25) is 0 Å².